The van der Waals surface area contributed by atoms with Crippen LogP contribution >= 0.6 is 0 Å². The minimum absolute atomic E-state index is 0.199. The van der Waals surface area contributed by atoms with Crippen LogP contribution in [0.5, 0.6) is 23.0 Å². The maximum atomic E-state index is 12.7. The van der Waals surface area contributed by atoms with Crippen molar-refractivity contribution in [1.82, 2.24) is 0 Å². The third-order valence-corrected chi connectivity index (χ3v) is 5.58. The lowest BCUT2D eigenvalue weighted by Crippen LogP contribution is -2.01. The molecule has 0 spiro atoms. The minimum atomic E-state index is -3.59. The summed E-state index contributed by atoms with van der Waals surface area (Å²) in [7, 11) is -0.462. The van der Waals surface area contributed by atoms with E-state index in [1.54, 1.807) is 55.6 Å². The average molecular weight is 370 g/mol. The summed E-state index contributed by atoms with van der Waals surface area (Å²) in [5.74, 6) is 2.52. The second-order valence-electron chi connectivity index (χ2n) is 5.43. The zero-order chi connectivity index (χ0) is 18.6. The van der Waals surface area contributed by atoms with Crippen molar-refractivity contribution in [3.05, 3.63) is 72.8 Å². The molecule has 0 radical (unpaired) electrons. The van der Waals surface area contributed by atoms with Crippen LogP contribution in [0.1, 0.15) is 0 Å². The first-order valence-corrected chi connectivity index (χ1v) is 9.32. The summed E-state index contributed by atoms with van der Waals surface area (Å²) < 4.78 is 41.2. The van der Waals surface area contributed by atoms with Crippen molar-refractivity contribution in [1.29, 1.82) is 0 Å². The highest BCUT2D eigenvalue weighted by Gasteiger charge is 2.17. The second kappa shape index (κ2) is 7.49. The lowest BCUT2D eigenvalue weighted by atomic mass is 10.3. The van der Waals surface area contributed by atoms with Crippen LogP contribution < -0.4 is 14.2 Å². The lowest BCUT2D eigenvalue weighted by Gasteiger charge is -2.09. The Hall–Kier alpha value is -2.99. The quantitative estimate of drug-likeness (QED) is 0.646. The summed E-state index contributed by atoms with van der Waals surface area (Å²) in [6.45, 7) is 0. The van der Waals surface area contributed by atoms with Crippen molar-refractivity contribution in [2.45, 2.75) is 9.79 Å². The molecule has 26 heavy (non-hydrogen) atoms. The fourth-order valence-electron chi connectivity index (χ4n) is 2.36. The summed E-state index contributed by atoms with van der Waals surface area (Å²) in [4.78, 5) is 0.409. The van der Waals surface area contributed by atoms with Gasteiger partial charge in [-0.3, -0.25) is 0 Å². The number of hydrogen-bond donors (Lipinski definition) is 0. The number of methoxy groups -OCH3 is 2. The van der Waals surface area contributed by atoms with E-state index in [9.17, 15) is 8.42 Å². The first-order chi connectivity index (χ1) is 12.5. The summed E-state index contributed by atoms with van der Waals surface area (Å²) in [6, 6.07) is 19.7. The van der Waals surface area contributed by atoms with Crippen molar-refractivity contribution >= 4 is 9.84 Å². The van der Waals surface area contributed by atoms with Gasteiger partial charge in [0.15, 0.2) is 0 Å². The molecule has 6 heteroatoms. The van der Waals surface area contributed by atoms with Gasteiger partial charge in [0, 0.05) is 0 Å². The molecule has 0 bridgehead atoms. The molecule has 0 unspecified atom stereocenters. The van der Waals surface area contributed by atoms with Gasteiger partial charge < -0.3 is 14.2 Å². The SMILES string of the molecule is COc1ccc(Oc2ccc(S(=O)(=O)c3ccc(OC)cc3)cc2)cc1. The molecule has 0 saturated carbocycles. The van der Waals surface area contributed by atoms with Gasteiger partial charge >= 0.3 is 0 Å². The van der Waals surface area contributed by atoms with Crippen molar-refractivity contribution in [3.8, 4) is 23.0 Å². The first-order valence-electron chi connectivity index (χ1n) is 7.84. The Morgan fingerprint density at radius 1 is 0.538 bits per heavy atom. The van der Waals surface area contributed by atoms with E-state index >= 15 is 0 Å². The van der Waals surface area contributed by atoms with Crippen molar-refractivity contribution in [2.24, 2.45) is 0 Å². The number of hydrogen-bond acceptors (Lipinski definition) is 5. The van der Waals surface area contributed by atoms with Crippen LogP contribution in [0.25, 0.3) is 0 Å². The number of rotatable bonds is 6. The monoisotopic (exact) mass is 370 g/mol. The van der Waals surface area contributed by atoms with Gasteiger partial charge in [-0.2, -0.15) is 0 Å². The molecule has 0 aliphatic rings. The van der Waals surface area contributed by atoms with Crippen LogP contribution in [-0.4, -0.2) is 22.6 Å². The Morgan fingerprint density at radius 2 is 0.846 bits per heavy atom. The smallest absolute Gasteiger partial charge is 0.206 e. The molecule has 0 N–H and O–H groups in total. The first kappa shape index (κ1) is 17.8. The van der Waals surface area contributed by atoms with Crippen molar-refractivity contribution < 1.29 is 22.6 Å². The van der Waals surface area contributed by atoms with Gasteiger partial charge in [0.2, 0.25) is 9.84 Å². The van der Waals surface area contributed by atoms with E-state index in [2.05, 4.69) is 0 Å². The third-order valence-electron chi connectivity index (χ3n) is 3.80. The van der Waals surface area contributed by atoms with E-state index in [1.165, 1.54) is 31.4 Å². The fourth-order valence-corrected chi connectivity index (χ4v) is 3.62. The summed E-state index contributed by atoms with van der Waals surface area (Å²) in [6.07, 6.45) is 0. The van der Waals surface area contributed by atoms with E-state index in [0.29, 0.717) is 17.2 Å². The van der Waals surface area contributed by atoms with Crippen LogP contribution in [0.3, 0.4) is 0 Å². The van der Waals surface area contributed by atoms with Gasteiger partial charge in [0.1, 0.15) is 23.0 Å². The number of ether oxygens (including phenoxy) is 3. The Labute approximate surface area is 152 Å². The standard InChI is InChI=1S/C20H18O5S/c1-23-15-3-5-17(6-4-15)25-18-9-13-20(14-10-18)26(21,22)19-11-7-16(24-2)8-12-19/h3-14H,1-2H3. The Bertz CT molecular complexity index is 960. The van der Waals surface area contributed by atoms with E-state index in [4.69, 9.17) is 14.2 Å². The highest BCUT2D eigenvalue weighted by molar-refractivity contribution is 7.91. The highest BCUT2D eigenvalue weighted by Crippen LogP contribution is 2.27. The Morgan fingerprint density at radius 3 is 1.23 bits per heavy atom. The number of benzene rings is 3. The second-order valence-corrected chi connectivity index (χ2v) is 7.38. The maximum Gasteiger partial charge on any atom is 0.206 e. The molecule has 0 fully saturated rings. The van der Waals surface area contributed by atoms with Gasteiger partial charge in [0.25, 0.3) is 0 Å². The maximum absolute atomic E-state index is 12.7. The van der Waals surface area contributed by atoms with E-state index in [0.717, 1.165) is 5.75 Å². The van der Waals surface area contributed by atoms with Gasteiger partial charge in [-0.1, -0.05) is 0 Å². The zero-order valence-electron chi connectivity index (χ0n) is 14.4. The molecule has 0 aromatic heterocycles. The van der Waals surface area contributed by atoms with E-state index < -0.39 is 9.84 Å². The normalized spacial score (nSPS) is 11.0. The highest BCUT2D eigenvalue weighted by atomic mass is 32.2. The van der Waals surface area contributed by atoms with Gasteiger partial charge in [-0.05, 0) is 72.8 Å². The van der Waals surface area contributed by atoms with Crippen molar-refractivity contribution in [3.63, 3.8) is 0 Å². The largest absolute Gasteiger partial charge is 0.497 e. The van der Waals surface area contributed by atoms with E-state index in [1.807, 2.05) is 0 Å². The lowest BCUT2D eigenvalue weighted by molar-refractivity contribution is 0.413. The molecule has 0 aliphatic heterocycles. The van der Waals surface area contributed by atoms with Gasteiger partial charge in [-0.25, -0.2) is 8.42 Å². The van der Waals surface area contributed by atoms with Crippen LogP contribution in [0.4, 0.5) is 0 Å². The predicted molar refractivity (Wildman–Crippen MR) is 98.0 cm³/mol. The molecule has 134 valence electrons. The van der Waals surface area contributed by atoms with Crippen LogP contribution in [0, 0.1) is 0 Å². The van der Waals surface area contributed by atoms with Gasteiger partial charge in [-0.15, -0.1) is 0 Å². The molecule has 0 heterocycles. The molecule has 0 atom stereocenters. The topological polar surface area (TPSA) is 61.8 Å². The molecule has 0 aliphatic carbocycles. The molecular weight excluding hydrogens is 352 g/mol. The van der Waals surface area contributed by atoms with E-state index in [-0.39, 0.29) is 9.79 Å². The molecule has 0 saturated heterocycles. The summed E-state index contributed by atoms with van der Waals surface area (Å²) >= 11 is 0. The third kappa shape index (κ3) is 3.81. The fraction of sp³-hybridized carbons (Fsp3) is 0.100. The molecule has 0 amide bonds. The molecular formula is C20H18O5S. The summed E-state index contributed by atoms with van der Waals surface area (Å²) in [5, 5.41) is 0. The zero-order valence-corrected chi connectivity index (χ0v) is 15.2. The van der Waals surface area contributed by atoms with Crippen molar-refractivity contribution in [2.75, 3.05) is 14.2 Å². The number of sulfone groups is 1. The Balaban J connectivity index is 1.79. The summed E-state index contributed by atoms with van der Waals surface area (Å²) in [5.41, 5.74) is 0. The predicted octanol–water partition coefficient (Wildman–Crippen LogP) is 4.33. The molecule has 3 aromatic rings. The van der Waals surface area contributed by atoms with Gasteiger partial charge in [0.05, 0.1) is 24.0 Å². The van der Waals surface area contributed by atoms with Crippen LogP contribution in [0.15, 0.2) is 82.6 Å². The Kier molecular flexibility index (Phi) is 5.14. The minimum Gasteiger partial charge on any atom is -0.497 e. The van der Waals surface area contributed by atoms with Crippen LogP contribution in [0.2, 0.25) is 0 Å². The molecule has 3 aromatic carbocycles. The average Bonchev–Trinajstić information content (AvgIpc) is 2.69. The molecule has 5 nitrogen and oxygen atoms in total. The molecule has 3 rings (SSSR count). The van der Waals surface area contributed by atoms with Crippen LogP contribution in [-0.2, 0) is 9.84 Å².